The van der Waals surface area contributed by atoms with E-state index in [9.17, 15) is 39.9 Å². The summed E-state index contributed by atoms with van der Waals surface area (Å²) in [6, 6.07) is 58.1. The number of oxime groups is 1. The third-order valence-corrected chi connectivity index (χ3v) is 18.8. The first-order chi connectivity index (χ1) is 57.1. The average molecular weight is 1820 g/mol. The van der Waals surface area contributed by atoms with Gasteiger partial charge < -0.3 is 69.0 Å². The first kappa shape index (κ1) is 84.6. The summed E-state index contributed by atoms with van der Waals surface area (Å²) in [5, 5.41) is 34.5. The number of amidine groups is 1. The highest BCUT2D eigenvalue weighted by atomic mass is 79.9. The van der Waals surface area contributed by atoms with Crippen LogP contribution in [0.1, 0.15) is 27.4 Å². The topological polar surface area (TPSA) is 355 Å². The Bertz CT molecular complexity index is 5700. The number of nitriles is 2. The SMILES string of the molecule is Brc1ccc(-c2cnco2)cc1.FC1(F)CN(c2ccc(-c3cnc(Br)o3)cc2)C1.FC1(F)CN(c2ccc(-c3cnco3)cc2)C1.N#Cc1ccc(N)cn1.N#Cc1ccc(Nc2ncc(-c3ccc(N4CC(F)(F)C4)cc3)o2)cn1.N/C(=N/O)c1ccc(Nc2ncc(-c3ccc(N4CC(F)(F)C4)cc3)o2)cn1.O=Cc1ccc(Br)cc1. The number of oxazole rings is 5. The second-order valence-corrected chi connectivity index (χ2v) is 28.8. The van der Waals surface area contributed by atoms with Crippen molar-refractivity contribution in [2.75, 3.05) is 88.3 Å². The van der Waals surface area contributed by atoms with E-state index in [-0.39, 0.29) is 70.2 Å². The van der Waals surface area contributed by atoms with E-state index >= 15 is 0 Å². The number of nitrogens with two attached hydrogens (primary N) is 2. The predicted molar refractivity (Wildman–Crippen MR) is 439 cm³/mol. The van der Waals surface area contributed by atoms with E-state index in [1.165, 1.54) is 31.4 Å². The molecule has 8 aromatic heterocycles. The van der Waals surface area contributed by atoms with E-state index in [1.54, 1.807) is 160 Å². The lowest BCUT2D eigenvalue weighted by Crippen LogP contribution is -2.56. The summed E-state index contributed by atoms with van der Waals surface area (Å²) in [6.07, 6.45) is 16.1. The maximum absolute atomic E-state index is 13.0. The highest BCUT2D eigenvalue weighted by Crippen LogP contribution is 2.38. The Labute approximate surface area is 697 Å². The molecule has 4 saturated heterocycles. The molecule has 0 aliphatic carbocycles. The first-order valence-corrected chi connectivity index (χ1v) is 37.7. The fourth-order valence-electron chi connectivity index (χ4n) is 11.2. The number of nitrogens with one attached hydrogen (secondary N) is 2. The van der Waals surface area contributed by atoms with Gasteiger partial charge >= 0.3 is 0 Å². The molecule has 0 atom stereocenters. The molecule has 4 aliphatic rings. The molecular weight excluding hydrogens is 1750 g/mol. The lowest BCUT2D eigenvalue weighted by atomic mass is 10.1. The molecule has 37 heteroatoms. The van der Waals surface area contributed by atoms with Crippen LogP contribution in [0.4, 0.5) is 87.0 Å². The van der Waals surface area contributed by atoms with Gasteiger partial charge in [0.15, 0.2) is 47.4 Å². The molecule has 0 radical (unpaired) electrons. The summed E-state index contributed by atoms with van der Waals surface area (Å²) < 4.78 is 132. The van der Waals surface area contributed by atoms with Crippen molar-refractivity contribution in [1.29, 1.82) is 10.5 Å². The molecule has 18 rings (SSSR count). The number of aromatic nitrogens is 8. The van der Waals surface area contributed by atoms with Gasteiger partial charge in [0, 0.05) is 81.0 Å². The Morgan fingerprint density at radius 2 is 0.773 bits per heavy atom. The molecule has 606 valence electrons. The van der Waals surface area contributed by atoms with Gasteiger partial charge in [0.05, 0.1) is 119 Å². The lowest BCUT2D eigenvalue weighted by molar-refractivity contribution is -0.0268. The quantitative estimate of drug-likeness (QED) is 0.0159. The van der Waals surface area contributed by atoms with Crippen LogP contribution in [0.2, 0.25) is 0 Å². The molecule has 26 nitrogen and oxygen atoms in total. The fourth-order valence-corrected chi connectivity index (χ4v) is 12.0. The van der Waals surface area contributed by atoms with Crippen LogP contribution in [0.5, 0.6) is 0 Å². The smallest absolute Gasteiger partial charge is 0.299 e. The van der Waals surface area contributed by atoms with Crippen molar-refractivity contribution in [3.63, 3.8) is 0 Å². The van der Waals surface area contributed by atoms with Gasteiger partial charge in [-0.05, 0) is 158 Å². The number of benzene rings is 6. The Kier molecular flexibility index (Phi) is 27.2. The van der Waals surface area contributed by atoms with Crippen molar-refractivity contribution in [2.24, 2.45) is 10.9 Å². The second kappa shape index (κ2) is 38.3. The van der Waals surface area contributed by atoms with Crippen molar-refractivity contribution in [1.82, 2.24) is 39.9 Å². The number of carbonyl (C=O) groups is 1. The van der Waals surface area contributed by atoms with Gasteiger partial charge in [-0.1, -0.05) is 61.3 Å². The van der Waals surface area contributed by atoms with Crippen molar-refractivity contribution < 1.29 is 67.2 Å². The lowest BCUT2D eigenvalue weighted by Gasteiger charge is -2.40. The number of anilines is 9. The Hall–Kier alpha value is -13.8. The highest BCUT2D eigenvalue weighted by molar-refractivity contribution is 9.11. The molecule has 0 unspecified atom stereocenters. The van der Waals surface area contributed by atoms with Crippen LogP contribution in [0.25, 0.3) is 56.6 Å². The molecule has 0 amide bonds. The minimum absolute atomic E-state index is 0.0876. The minimum atomic E-state index is -2.60. The molecule has 0 spiro atoms. The van der Waals surface area contributed by atoms with E-state index in [2.05, 4.69) is 103 Å². The summed E-state index contributed by atoms with van der Waals surface area (Å²) in [6.45, 7) is -1.83. The van der Waals surface area contributed by atoms with Crippen LogP contribution in [-0.2, 0) is 0 Å². The predicted octanol–water partition coefficient (Wildman–Crippen LogP) is 19.1. The molecule has 14 aromatic rings. The number of carbonyl (C=O) groups excluding carboxylic acids is 1. The zero-order chi connectivity index (χ0) is 84.3. The molecule has 0 bridgehead atoms. The van der Waals surface area contributed by atoms with Gasteiger partial charge in [-0.3, -0.25) is 9.78 Å². The number of pyridine rings is 3. The van der Waals surface area contributed by atoms with E-state index in [1.807, 2.05) is 84.9 Å². The van der Waals surface area contributed by atoms with Crippen LogP contribution >= 0.6 is 47.8 Å². The molecule has 119 heavy (non-hydrogen) atoms. The first-order valence-electron chi connectivity index (χ1n) is 35.3. The Morgan fingerprint density at radius 3 is 1.08 bits per heavy atom. The van der Waals surface area contributed by atoms with Gasteiger partial charge in [-0.15, -0.1) is 0 Å². The van der Waals surface area contributed by atoms with E-state index in [4.69, 9.17) is 49.3 Å². The minimum Gasteiger partial charge on any atom is -0.444 e. The normalized spacial score (nSPS) is 14.6. The van der Waals surface area contributed by atoms with Gasteiger partial charge in [0.25, 0.3) is 40.5 Å². The van der Waals surface area contributed by atoms with Crippen LogP contribution in [0, 0.1) is 22.7 Å². The maximum atomic E-state index is 13.0. The Morgan fingerprint density at radius 1 is 0.429 bits per heavy atom. The summed E-state index contributed by atoms with van der Waals surface area (Å²) in [7, 11) is 0. The van der Waals surface area contributed by atoms with Crippen LogP contribution in [-0.4, -0.2) is 133 Å². The van der Waals surface area contributed by atoms with Gasteiger partial charge in [-0.25, -0.2) is 70.0 Å². The van der Waals surface area contributed by atoms with Crippen LogP contribution in [0.15, 0.2) is 285 Å². The summed E-state index contributed by atoms with van der Waals surface area (Å²) in [5.41, 5.74) is 21.8. The maximum Gasteiger partial charge on any atom is 0.299 e. The van der Waals surface area contributed by atoms with Crippen LogP contribution in [0.3, 0.4) is 0 Å². The molecule has 4 aliphatic heterocycles. The average Bonchev–Trinajstić information content (AvgIpc) is 1.40. The highest BCUT2D eigenvalue weighted by Gasteiger charge is 2.46. The van der Waals surface area contributed by atoms with Gasteiger partial charge in [0.1, 0.15) is 35.5 Å². The number of hydrogen-bond donors (Lipinski definition) is 5. The van der Waals surface area contributed by atoms with E-state index in [0.717, 1.165) is 71.6 Å². The summed E-state index contributed by atoms with van der Waals surface area (Å²) >= 11 is 9.75. The molecule has 12 heterocycles. The summed E-state index contributed by atoms with van der Waals surface area (Å²) in [4.78, 5) is 48.7. The van der Waals surface area contributed by atoms with Crippen molar-refractivity contribution in [3.05, 3.63) is 281 Å². The zero-order valence-corrected chi connectivity index (χ0v) is 66.5. The molecule has 0 saturated carbocycles. The van der Waals surface area contributed by atoms with Crippen molar-refractivity contribution in [2.45, 2.75) is 23.7 Å². The monoisotopic (exact) mass is 1820 g/mol. The second-order valence-electron chi connectivity index (χ2n) is 26.3. The molecule has 6 aromatic carbocycles. The number of halogens is 11. The molecular formula is C82H64Br3F8N19O7. The van der Waals surface area contributed by atoms with E-state index in [0.29, 0.717) is 67.5 Å². The number of nitrogen functional groups attached to an aromatic ring is 1. The van der Waals surface area contributed by atoms with Gasteiger partial charge in [0.2, 0.25) is 0 Å². The summed E-state index contributed by atoms with van der Waals surface area (Å²) in [5.74, 6) is -7.18. The van der Waals surface area contributed by atoms with Crippen LogP contribution < -0.4 is 41.7 Å². The standard InChI is InChI=1S/C18H16F2N6O2.C18H13F2N5O.C12H9BrF2N2O.C12H10F2N2O.C9H6BrNO.C7H5BrO.C6H5N3/c19-18(20)9-26(10-18)13-4-1-11(2-5-13)15-8-23-17(28-15)24-12-3-6-14(22-7-12)16(21)25-27;19-18(20)10-25(11-18)15-5-1-12(2-6-15)16-9-23-17(26-16)24-14-4-3-13(7-21)22-8-14;13-11-16-5-10(18-11)8-1-3-9(4-2-8)17-6-12(14,15)7-17;13-12(14)6-16(7-12)10-3-1-9(2-4-10)11-5-15-8-17-11;10-8-3-1-7(2-4-8)9-5-11-6-12-9;8-7-3-1-6(5-9)2-4-7;7-3-6-2-1-5(8)4-9-6/h1-8,27H,9-10H2,(H2,21,25)(H,23,24);1-6,8-9H,10-11H2,(H,23,24);1-5H,6-7H2;1-5,8H,6-7H2;1-6H;1-5H;1-2,4H,8H2. The third kappa shape index (κ3) is 24.0. The van der Waals surface area contributed by atoms with Gasteiger partial charge in [-0.2, -0.15) is 10.5 Å². The van der Waals surface area contributed by atoms with Crippen molar-refractivity contribution >= 4 is 112 Å². The number of hydrogen-bond acceptors (Lipinski definition) is 25. The largest absolute Gasteiger partial charge is 0.444 e. The number of aldehydes is 1. The molecule has 7 N–H and O–H groups in total. The zero-order valence-electron chi connectivity index (χ0n) is 61.7. The number of alkyl halides is 8. The fraction of sp³-hybridized carbons (Fsp3) is 0.146. The number of nitrogens with zero attached hydrogens (tertiary/aromatic N) is 15. The Balaban J connectivity index is 0.000000132. The van der Waals surface area contributed by atoms with E-state index < -0.39 is 23.7 Å². The number of rotatable bonds is 15. The molecule has 4 fully saturated rings. The van der Waals surface area contributed by atoms with Crippen molar-refractivity contribution in [3.8, 4) is 68.8 Å². The third-order valence-electron chi connectivity index (χ3n) is 17.3.